The number of piperidine rings is 3. The standard InChI is InChI=1S/C15H16F3N3O2/c16-15(17,18)23-12-1-2-13-10(7-12)8-19-21(13)14(22)9-20-5-3-11(14)4-6-20/h1-2,7-8,11,22H,3-6,9H2/t14-/m1/s1. The van der Waals surface area contributed by atoms with E-state index in [0.717, 1.165) is 25.9 Å². The number of halogens is 3. The van der Waals surface area contributed by atoms with Gasteiger partial charge in [0.25, 0.3) is 0 Å². The molecule has 3 saturated heterocycles. The van der Waals surface area contributed by atoms with Crippen molar-refractivity contribution in [2.75, 3.05) is 19.6 Å². The van der Waals surface area contributed by atoms with Gasteiger partial charge in [0.1, 0.15) is 5.75 Å². The summed E-state index contributed by atoms with van der Waals surface area (Å²) in [7, 11) is 0. The molecule has 4 heterocycles. The predicted molar refractivity (Wildman–Crippen MR) is 75.8 cm³/mol. The average molecular weight is 327 g/mol. The van der Waals surface area contributed by atoms with Crippen LogP contribution in [0.5, 0.6) is 5.75 Å². The van der Waals surface area contributed by atoms with Gasteiger partial charge in [0, 0.05) is 17.8 Å². The number of fused-ring (bicyclic) bond motifs is 4. The van der Waals surface area contributed by atoms with Crippen molar-refractivity contribution in [2.45, 2.75) is 24.9 Å². The van der Waals surface area contributed by atoms with Gasteiger partial charge >= 0.3 is 6.36 Å². The lowest BCUT2D eigenvalue weighted by Gasteiger charge is -2.50. The van der Waals surface area contributed by atoms with Crippen LogP contribution in [0, 0.1) is 5.92 Å². The summed E-state index contributed by atoms with van der Waals surface area (Å²) in [5, 5.41) is 15.9. The molecule has 2 bridgehead atoms. The first-order valence-corrected chi connectivity index (χ1v) is 7.54. The van der Waals surface area contributed by atoms with Crippen molar-refractivity contribution < 1.29 is 23.0 Å². The SMILES string of the molecule is O[C@]1(n2ncc3cc(OC(F)(F)F)ccc32)CN2CCC1CC2. The first-order chi connectivity index (χ1) is 10.9. The third-order valence-electron chi connectivity index (χ3n) is 4.84. The molecule has 1 atom stereocenters. The molecule has 1 N–H and O–H groups in total. The summed E-state index contributed by atoms with van der Waals surface area (Å²) in [6.07, 6.45) is -1.47. The van der Waals surface area contributed by atoms with Crippen LogP contribution in [-0.4, -0.2) is 45.8 Å². The van der Waals surface area contributed by atoms with E-state index in [4.69, 9.17) is 0 Å². The molecule has 0 unspecified atom stereocenters. The van der Waals surface area contributed by atoms with Crippen molar-refractivity contribution in [1.29, 1.82) is 0 Å². The Bertz CT molecular complexity index is 737. The molecule has 23 heavy (non-hydrogen) atoms. The molecular formula is C15H16F3N3O2. The zero-order valence-corrected chi connectivity index (χ0v) is 12.3. The molecule has 3 fully saturated rings. The zero-order chi connectivity index (χ0) is 16.2. The molecule has 124 valence electrons. The minimum atomic E-state index is -4.72. The Hall–Kier alpha value is -1.80. The van der Waals surface area contributed by atoms with E-state index in [2.05, 4.69) is 14.7 Å². The molecule has 0 amide bonds. The van der Waals surface area contributed by atoms with Crippen molar-refractivity contribution in [1.82, 2.24) is 14.7 Å². The molecule has 1 aromatic carbocycles. The van der Waals surface area contributed by atoms with Gasteiger partial charge in [0.2, 0.25) is 0 Å². The van der Waals surface area contributed by atoms with Crippen LogP contribution in [0.2, 0.25) is 0 Å². The Morgan fingerprint density at radius 2 is 2.00 bits per heavy atom. The van der Waals surface area contributed by atoms with Crippen molar-refractivity contribution >= 4 is 10.9 Å². The molecule has 0 saturated carbocycles. The Kier molecular flexibility index (Phi) is 3.11. The van der Waals surface area contributed by atoms with Crippen LogP contribution in [0.15, 0.2) is 24.4 Å². The third-order valence-corrected chi connectivity index (χ3v) is 4.84. The number of rotatable bonds is 2. The molecule has 1 aromatic heterocycles. The van der Waals surface area contributed by atoms with Crippen LogP contribution in [0.1, 0.15) is 12.8 Å². The van der Waals surface area contributed by atoms with E-state index in [1.165, 1.54) is 24.4 Å². The van der Waals surface area contributed by atoms with Crippen molar-refractivity contribution in [3.8, 4) is 5.75 Å². The molecular weight excluding hydrogens is 311 g/mol. The van der Waals surface area contributed by atoms with Crippen molar-refractivity contribution in [3.63, 3.8) is 0 Å². The lowest BCUT2D eigenvalue weighted by atomic mass is 9.81. The highest BCUT2D eigenvalue weighted by molar-refractivity contribution is 5.80. The van der Waals surface area contributed by atoms with Gasteiger partial charge in [-0.3, -0.25) is 4.90 Å². The fraction of sp³-hybridized carbons (Fsp3) is 0.533. The first kappa shape index (κ1) is 14.8. The van der Waals surface area contributed by atoms with E-state index in [0.29, 0.717) is 17.4 Å². The molecule has 0 aliphatic carbocycles. The van der Waals surface area contributed by atoms with Crippen molar-refractivity contribution in [2.24, 2.45) is 5.92 Å². The Balaban J connectivity index is 1.72. The van der Waals surface area contributed by atoms with Gasteiger partial charge in [-0.25, -0.2) is 4.68 Å². The van der Waals surface area contributed by atoms with E-state index >= 15 is 0 Å². The second-order valence-corrected chi connectivity index (χ2v) is 6.25. The fourth-order valence-corrected chi connectivity index (χ4v) is 3.77. The van der Waals surface area contributed by atoms with Crippen LogP contribution >= 0.6 is 0 Å². The molecule has 8 heteroatoms. The smallest absolute Gasteiger partial charge is 0.406 e. The quantitative estimate of drug-likeness (QED) is 0.920. The second-order valence-electron chi connectivity index (χ2n) is 6.25. The highest BCUT2D eigenvalue weighted by Crippen LogP contribution is 2.40. The lowest BCUT2D eigenvalue weighted by Crippen LogP contribution is -2.60. The number of hydrogen-bond acceptors (Lipinski definition) is 4. The maximum absolute atomic E-state index is 12.3. The van der Waals surface area contributed by atoms with Gasteiger partial charge in [-0.1, -0.05) is 0 Å². The summed E-state index contributed by atoms with van der Waals surface area (Å²) in [4.78, 5) is 2.19. The van der Waals surface area contributed by atoms with Crippen LogP contribution in [0.25, 0.3) is 10.9 Å². The van der Waals surface area contributed by atoms with E-state index in [1.54, 1.807) is 4.68 Å². The minimum Gasteiger partial charge on any atom is -0.406 e. The highest BCUT2D eigenvalue weighted by Gasteiger charge is 2.48. The van der Waals surface area contributed by atoms with E-state index < -0.39 is 12.1 Å². The van der Waals surface area contributed by atoms with E-state index in [-0.39, 0.29) is 11.7 Å². The molecule has 0 radical (unpaired) electrons. The number of aliphatic hydroxyl groups is 1. The molecule has 2 aromatic rings. The molecule has 0 spiro atoms. The highest BCUT2D eigenvalue weighted by atomic mass is 19.4. The number of nitrogens with zero attached hydrogens (tertiary/aromatic N) is 3. The third kappa shape index (κ3) is 2.46. The summed E-state index contributed by atoms with van der Waals surface area (Å²) in [5.41, 5.74) is -0.499. The first-order valence-electron chi connectivity index (χ1n) is 7.54. The summed E-state index contributed by atoms with van der Waals surface area (Å²) >= 11 is 0. The van der Waals surface area contributed by atoms with Gasteiger partial charge < -0.3 is 9.84 Å². The van der Waals surface area contributed by atoms with Crippen molar-refractivity contribution in [3.05, 3.63) is 24.4 Å². The summed E-state index contributed by atoms with van der Waals surface area (Å²) in [6, 6.07) is 4.05. The topological polar surface area (TPSA) is 50.5 Å². The van der Waals surface area contributed by atoms with Gasteiger partial charge in [0.05, 0.1) is 11.7 Å². The maximum atomic E-state index is 12.3. The predicted octanol–water partition coefficient (Wildman–Crippen LogP) is 2.31. The van der Waals surface area contributed by atoms with Crippen LogP contribution < -0.4 is 4.74 Å². The number of ether oxygens (including phenoxy) is 1. The van der Waals surface area contributed by atoms with Crippen LogP contribution in [0.4, 0.5) is 13.2 Å². The lowest BCUT2D eigenvalue weighted by molar-refractivity contribution is -0.274. The number of aromatic nitrogens is 2. The minimum absolute atomic E-state index is 0.113. The molecule has 5 nitrogen and oxygen atoms in total. The van der Waals surface area contributed by atoms with Crippen LogP contribution in [-0.2, 0) is 5.72 Å². The van der Waals surface area contributed by atoms with E-state index in [9.17, 15) is 18.3 Å². The number of alkyl halides is 3. The van der Waals surface area contributed by atoms with Gasteiger partial charge in [-0.2, -0.15) is 5.10 Å². The molecule has 5 rings (SSSR count). The average Bonchev–Trinajstić information content (AvgIpc) is 2.90. The molecule has 3 aliphatic heterocycles. The monoisotopic (exact) mass is 327 g/mol. The largest absolute Gasteiger partial charge is 0.573 e. The van der Waals surface area contributed by atoms with E-state index in [1.807, 2.05) is 0 Å². The summed E-state index contributed by atoms with van der Waals surface area (Å²) < 4.78 is 42.4. The Morgan fingerprint density at radius 3 is 2.61 bits per heavy atom. The van der Waals surface area contributed by atoms with Gasteiger partial charge in [-0.15, -0.1) is 13.2 Å². The Morgan fingerprint density at radius 1 is 1.26 bits per heavy atom. The summed E-state index contributed by atoms with van der Waals surface area (Å²) in [6.45, 7) is 2.43. The number of hydrogen-bond donors (Lipinski definition) is 1. The molecule has 3 aliphatic rings. The normalized spacial score (nSPS) is 30.8. The summed E-state index contributed by atoms with van der Waals surface area (Å²) in [5.74, 6) is -0.174. The fourth-order valence-electron chi connectivity index (χ4n) is 3.77. The second kappa shape index (κ2) is 4.85. The zero-order valence-electron chi connectivity index (χ0n) is 12.3. The number of benzene rings is 1. The Labute approximate surface area is 130 Å². The maximum Gasteiger partial charge on any atom is 0.573 e. The van der Waals surface area contributed by atoms with Gasteiger partial charge in [-0.05, 0) is 44.1 Å². The van der Waals surface area contributed by atoms with Crippen LogP contribution in [0.3, 0.4) is 0 Å². The van der Waals surface area contributed by atoms with Gasteiger partial charge in [0.15, 0.2) is 5.72 Å².